The number of nitrogens with zero attached hydrogens (tertiary/aromatic N) is 4. The molecule has 4 atom stereocenters. The van der Waals surface area contributed by atoms with E-state index < -0.39 is 0 Å². The smallest absolute Gasteiger partial charge is 0.407 e. The van der Waals surface area contributed by atoms with Crippen molar-refractivity contribution in [2.24, 2.45) is 5.92 Å². The zero-order chi connectivity index (χ0) is 20.2. The number of aromatic nitrogens is 4. The van der Waals surface area contributed by atoms with Crippen molar-refractivity contribution in [1.82, 2.24) is 25.5 Å². The molecule has 3 N–H and O–H groups in total. The van der Waals surface area contributed by atoms with Crippen LogP contribution in [0.5, 0.6) is 0 Å². The predicted octanol–water partition coefficient (Wildman–Crippen LogP) is 3.37. The summed E-state index contributed by atoms with van der Waals surface area (Å²) < 4.78 is 5.65. The molecule has 2 fully saturated rings. The van der Waals surface area contributed by atoms with Crippen LogP contribution in [0.1, 0.15) is 62.8 Å². The number of alkyl carbamates (subject to hydrolysis) is 1. The molecule has 2 aromatic heterocycles. The van der Waals surface area contributed by atoms with E-state index in [-0.39, 0.29) is 29.9 Å². The Labute approximate surface area is 169 Å². The van der Waals surface area contributed by atoms with Crippen LogP contribution in [-0.2, 0) is 4.74 Å². The lowest BCUT2D eigenvalue weighted by atomic mass is 10.0. The summed E-state index contributed by atoms with van der Waals surface area (Å²) in [5.74, 6) is 1.95. The van der Waals surface area contributed by atoms with Gasteiger partial charge in [-0.3, -0.25) is 5.10 Å². The summed E-state index contributed by atoms with van der Waals surface area (Å²) in [6.07, 6.45) is 8.49. The minimum absolute atomic E-state index is 0.0687. The maximum atomic E-state index is 12.2. The van der Waals surface area contributed by atoms with Gasteiger partial charge in [0.2, 0.25) is 0 Å². The summed E-state index contributed by atoms with van der Waals surface area (Å²) in [4.78, 5) is 20.3. The fraction of sp³-hybridized carbons (Fsp3) is 0.550. The molecule has 0 bridgehead atoms. The maximum absolute atomic E-state index is 12.2. The molecule has 2 heterocycles. The summed E-state index contributed by atoms with van der Waals surface area (Å²) in [6, 6.07) is 4.11. The average Bonchev–Trinajstić information content (AvgIpc) is 3.45. The zero-order valence-electron chi connectivity index (χ0n) is 16.4. The second kappa shape index (κ2) is 8.47. The lowest BCUT2D eigenvalue weighted by Gasteiger charge is -2.19. The van der Waals surface area contributed by atoms with Crippen molar-refractivity contribution in [3.05, 3.63) is 29.8 Å². The van der Waals surface area contributed by atoms with Gasteiger partial charge < -0.3 is 15.4 Å². The molecule has 0 radical (unpaired) electrons. The van der Waals surface area contributed by atoms with Gasteiger partial charge in [0.15, 0.2) is 11.5 Å². The fourth-order valence-corrected chi connectivity index (χ4v) is 4.22. The molecule has 4 unspecified atom stereocenters. The van der Waals surface area contributed by atoms with E-state index in [2.05, 4.69) is 37.7 Å². The van der Waals surface area contributed by atoms with E-state index in [1.807, 2.05) is 12.1 Å². The van der Waals surface area contributed by atoms with E-state index >= 15 is 0 Å². The van der Waals surface area contributed by atoms with Crippen molar-refractivity contribution in [3.63, 3.8) is 0 Å². The van der Waals surface area contributed by atoms with E-state index in [0.29, 0.717) is 17.6 Å². The average molecular weight is 395 g/mol. The van der Waals surface area contributed by atoms with Crippen LogP contribution in [0.25, 0.3) is 0 Å². The number of nitriles is 1. The number of amides is 1. The Morgan fingerprint density at radius 3 is 2.86 bits per heavy atom. The van der Waals surface area contributed by atoms with Crippen molar-refractivity contribution in [2.75, 3.05) is 5.32 Å². The van der Waals surface area contributed by atoms with Gasteiger partial charge in [0.25, 0.3) is 0 Å². The van der Waals surface area contributed by atoms with Crippen LogP contribution in [0, 0.1) is 17.2 Å². The third-order valence-electron chi connectivity index (χ3n) is 5.88. The molecular weight excluding hydrogens is 370 g/mol. The number of hydrogen-bond donors (Lipinski definition) is 3. The Balaban J connectivity index is 1.28. The quantitative estimate of drug-likeness (QED) is 0.708. The van der Waals surface area contributed by atoms with E-state index in [4.69, 9.17) is 10.00 Å². The molecule has 0 spiro atoms. The first-order chi connectivity index (χ1) is 14.1. The Hall–Kier alpha value is -3.15. The molecule has 2 aromatic rings. The second-order valence-electron chi connectivity index (χ2n) is 7.93. The van der Waals surface area contributed by atoms with Crippen LogP contribution < -0.4 is 10.6 Å². The maximum Gasteiger partial charge on any atom is 0.407 e. The summed E-state index contributed by atoms with van der Waals surface area (Å²) in [7, 11) is 0. The molecule has 1 amide bonds. The Morgan fingerprint density at radius 2 is 2.14 bits per heavy atom. The van der Waals surface area contributed by atoms with E-state index in [1.54, 1.807) is 0 Å². The van der Waals surface area contributed by atoms with Crippen LogP contribution >= 0.6 is 0 Å². The SMILES string of the molecule is CC1CCCC1NC(=O)OC1CCC(c2cc(Nc3cnc(C#N)cn3)n[nH]2)C1. The van der Waals surface area contributed by atoms with Gasteiger partial charge in [-0.1, -0.05) is 13.3 Å². The van der Waals surface area contributed by atoms with E-state index in [9.17, 15) is 4.79 Å². The minimum Gasteiger partial charge on any atom is -0.446 e. The highest BCUT2D eigenvalue weighted by Gasteiger charge is 2.31. The Kier molecular flexibility index (Phi) is 5.60. The molecule has 2 aliphatic carbocycles. The first-order valence-corrected chi connectivity index (χ1v) is 10.1. The van der Waals surface area contributed by atoms with Crippen LogP contribution in [0.3, 0.4) is 0 Å². The normalized spacial score (nSPS) is 26.1. The standard InChI is InChI=1S/C20H25N7O2/c1-12-3-2-4-16(12)24-20(28)29-15-6-5-13(7-15)17-8-18(27-26-17)25-19-11-22-14(9-21)10-23-19/h8,10-13,15-16H,2-7H2,1H3,(H,24,28)(H2,23,25,26,27). The number of hydrogen-bond acceptors (Lipinski definition) is 7. The molecule has 0 saturated heterocycles. The van der Waals surface area contributed by atoms with Crippen molar-refractivity contribution in [2.45, 2.75) is 63.5 Å². The molecule has 2 aliphatic rings. The number of nitrogens with one attached hydrogen (secondary N) is 3. The molecule has 2 saturated carbocycles. The van der Waals surface area contributed by atoms with Gasteiger partial charge in [-0.2, -0.15) is 10.4 Å². The van der Waals surface area contributed by atoms with Gasteiger partial charge in [0.1, 0.15) is 18.0 Å². The van der Waals surface area contributed by atoms with Gasteiger partial charge in [0, 0.05) is 23.7 Å². The molecule has 9 nitrogen and oxygen atoms in total. The van der Waals surface area contributed by atoms with Crippen LogP contribution in [0.15, 0.2) is 18.5 Å². The molecule has 0 aromatic carbocycles. The molecule has 29 heavy (non-hydrogen) atoms. The lowest BCUT2D eigenvalue weighted by molar-refractivity contribution is 0.0956. The third kappa shape index (κ3) is 4.65. The first kappa shape index (κ1) is 19.2. The highest BCUT2D eigenvalue weighted by atomic mass is 16.6. The highest BCUT2D eigenvalue weighted by Crippen LogP contribution is 2.36. The molecule has 9 heteroatoms. The number of carbonyl (C=O) groups is 1. The summed E-state index contributed by atoms with van der Waals surface area (Å²) in [6.45, 7) is 2.18. The van der Waals surface area contributed by atoms with Crippen molar-refractivity contribution in [1.29, 1.82) is 5.26 Å². The van der Waals surface area contributed by atoms with Crippen molar-refractivity contribution in [3.8, 4) is 6.07 Å². The number of aromatic amines is 1. The number of H-pyrrole nitrogens is 1. The van der Waals surface area contributed by atoms with Gasteiger partial charge in [-0.05, 0) is 38.0 Å². The van der Waals surface area contributed by atoms with Crippen LogP contribution in [0.2, 0.25) is 0 Å². The van der Waals surface area contributed by atoms with Gasteiger partial charge >= 0.3 is 6.09 Å². The third-order valence-corrected chi connectivity index (χ3v) is 5.88. The second-order valence-corrected chi connectivity index (χ2v) is 7.93. The monoisotopic (exact) mass is 395 g/mol. The van der Waals surface area contributed by atoms with Gasteiger partial charge in [0.05, 0.1) is 12.4 Å². The largest absolute Gasteiger partial charge is 0.446 e. The summed E-state index contributed by atoms with van der Waals surface area (Å²) in [5, 5.41) is 22.2. The minimum atomic E-state index is -0.291. The molecule has 4 rings (SSSR count). The number of ether oxygens (including phenoxy) is 1. The van der Waals surface area contributed by atoms with Crippen molar-refractivity contribution >= 4 is 17.7 Å². The van der Waals surface area contributed by atoms with Crippen LogP contribution in [-0.4, -0.2) is 38.4 Å². The zero-order valence-corrected chi connectivity index (χ0v) is 16.4. The highest BCUT2D eigenvalue weighted by molar-refractivity contribution is 5.68. The Bertz CT molecular complexity index is 889. The number of anilines is 2. The topological polar surface area (TPSA) is 129 Å². The van der Waals surface area contributed by atoms with E-state index in [1.165, 1.54) is 25.2 Å². The molecule has 0 aliphatic heterocycles. The van der Waals surface area contributed by atoms with Gasteiger partial charge in [-0.25, -0.2) is 14.8 Å². The predicted molar refractivity (Wildman–Crippen MR) is 105 cm³/mol. The van der Waals surface area contributed by atoms with Gasteiger partial charge in [-0.15, -0.1) is 0 Å². The summed E-state index contributed by atoms with van der Waals surface area (Å²) in [5.41, 5.74) is 1.27. The molecular formula is C20H25N7O2. The van der Waals surface area contributed by atoms with E-state index in [0.717, 1.165) is 31.4 Å². The number of carbonyl (C=O) groups excluding carboxylic acids is 1. The fourth-order valence-electron chi connectivity index (χ4n) is 4.22. The first-order valence-electron chi connectivity index (χ1n) is 10.1. The number of rotatable bonds is 5. The Morgan fingerprint density at radius 1 is 1.24 bits per heavy atom. The van der Waals surface area contributed by atoms with Crippen LogP contribution in [0.4, 0.5) is 16.4 Å². The molecule has 152 valence electrons. The van der Waals surface area contributed by atoms with Crippen molar-refractivity contribution < 1.29 is 9.53 Å². The lowest BCUT2D eigenvalue weighted by Crippen LogP contribution is -2.38. The summed E-state index contributed by atoms with van der Waals surface area (Å²) >= 11 is 0.